The number of urea groups is 1. The Morgan fingerprint density at radius 1 is 1.15 bits per heavy atom. The van der Waals surface area contributed by atoms with Gasteiger partial charge in [-0.25, -0.2) is 4.79 Å². The van der Waals surface area contributed by atoms with Crippen LogP contribution in [-0.4, -0.2) is 29.9 Å². The van der Waals surface area contributed by atoms with Crippen molar-refractivity contribution in [1.29, 1.82) is 0 Å². The minimum atomic E-state index is -0.0699. The Bertz CT molecular complexity index is 482. The van der Waals surface area contributed by atoms with E-state index < -0.39 is 0 Å². The third-order valence-corrected chi connectivity index (χ3v) is 3.27. The summed E-state index contributed by atoms with van der Waals surface area (Å²) in [5.41, 5.74) is 1.42. The lowest BCUT2D eigenvalue weighted by molar-refractivity contribution is -0.116. The summed E-state index contributed by atoms with van der Waals surface area (Å²) >= 11 is 0. The zero-order valence-electron chi connectivity index (χ0n) is 11.8. The largest absolute Gasteiger partial charge is 0.326 e. The fraction of sp³-hybridized carbons (Fsp3) is 0.467. The van der Waals surface area contributed by atoms with Crippen molar-refractivity contribution in [2.75, 3.05) is 23.7 Å². The molecule has 1 fully saturated rings. The van der Waals surface area contributed by atoms with Crippen LogP contribution in [0.25, 0.3) is 0 Å². The molecule has 5 nitrogen and oxygen atoms in total. The molecule has 0 atom stereocenters. The number of nitrogens with one attached hydrogen (secondary N) is 2. The fourth-order valence-corrected chi connectivity index (χ4v) is 2.25. The summed E-state index contributed by atoms with van der Waals surface area (Å²) in [6.45, 7) is 3.60. The van der Waals surface area contributed by atoms with Crippen molar-refractivity contribution in [2.24, 2.45) is 0 Å². The number of likely N-dealkylation sites (tertiary alicyclic amines) is 1. The maximum atomic E-state index is 12.0. The highest BCUT2D eigenvalue weighted by Crippen LogP contribution is 2.17. The number of hydrogen-bond donors (Lipinski definition) is 2. The van der Waals surface area contributed by atoms with Gasteiger partial charge in [-0.1, -0.05) is 13.0 Å². The number of rotatable bonds is 4. The lowest BCUT2D eigenvalue weighted by Crippen LogP contribution is -2.32. The Kier molecular flexibility index (Phi) is 4.98. The minimum Gasteiger partial charge on any atom is -0.326 e. The molecule has 1 aliphatic heterocycles. The third kappa shape index (κ3) is 3.98. The molecule has 0 bridgehead atoms. The van der Waals surface area contributed by atoms with Gasteiger partial charge in [0.25, 0.3) is 0 Å². The second-order valence-corrected chi connectivity index (χ2v) is 5.00. The summed E-state index contributed by atoms with van der Waals surface area (Å²) in [6.07, 6.45) is 3.46. The van der Waals surface area contributed by atoms with Crippen LogP contribution >= 0.6 is 0 Å². The summed E-state index contributed by atoms with van der Waals surface area (Å²) < 4.78 is 0. The van der Waals surface area contributed by atoms with Gasteiger partial charge < -0.3 is 15.5 Å². The Morgan fingerprint density at radius 3 is 2.45 bits per heavy atom. The fourth-order valence-electron chi connectivity index (χ4n) is 2.25. The molecule has 1 aromatic carbocycles. The van der Waals surface area contributed by atoms with E-state index in [1.54, 1.807) is 6.07 Å². The number of amides is 3. The molecular weight excluding hydrogens is 254 g/mol. The molecule has 0 saturated carbocycles. The van der Waals surface area contributed by atoms with Gasteiger partial charge in [0, 0.05) is 30.9 Å². The van der Waals surface area contributed by atoms with Crippen LogP contribution in [0.4, 0.5) is 16.2 Å². The van der Waals surface area contributed by atoms with Gasteiger partial charge in [-0.15, -0.1) is 0 Å². The van der Waals surface area contributed by atoms with E-state index in [0.717, 1.165) is 32.4 Å². The topological polar surface area (TPSA) is 61.4 Å². The zero-order chi connectivity index (χ0) is 14.4. The van der Waals surface area contributed by atoms with Gasteiger partial charge in [0.1, 0.15) is 0 Å². The van der Waals surface area contributed by atoms with Gasteiger partial charge in [-0.05, 0) is 37.5 Å². The van der Waals surface area contributed by atoms with E-state index in [1.165, 1.54) is 0 Å². The highest BCUT2D eigenvalue weighted by molar-refractivity contribution is 5.93. The van der Waals surface area contributed by atoms with Gasteiger partial charge in [0.05, 0.1) is 0 Å². The Balaban J connectivity index is 1.95. The molecule has 2 N–H and O–H groups in total. The van der Waals surface area contributed by atoms with Gasteiger partial charge in [0.2, 0.25) is 5.91 Å². The molecule has 0 aromatic heterocycles. The van der Waals surface area contributed by atoms with Crippen LogP contribution in [0.1, 0.15) is 32.6 Å². The lowest BCUT2D eigenvalue weighted by atomic mass is 10.2. The van der Waals surface area contributed by atoms with E-state index in [9.17, 15) is 9.59 Å². The molecule has 1 saturated heterocycles. The van der Waals surface area contributed by atoms with E-state index in [1.807, 2.05) is 30.0 Å². The summed E-state index contributed by atoms with van der Waals surface area (Å²) in [5, 5.41) is 5.69. The Morgan fingerprint density at radius 2 is 1.80 bits per heavy atom. The normalized spacial score (nSPS) is 14.2. The molecule has 0 spiro atoms. The first-order valence-electron chi connectivity index (χ1n) is 7.15. The third-order valence-electron chi connectivity index (χ3n) is 3.27. The van der Waals surface area contributed by atoms with Gasteiger partial charge in [-0.2, -0.15) is 0 Å². The van der Waals surface area contributed by atoms with E-state index in [4.69, 9.17) is 0 Å². The van der Waals surface area contributed by atoms with Crippen LogP contribution in [0.5, 0.6) is 0 Å². The molecule has 0 radical (unpaired) electrons. The molecule has 20 heavy (non-hydrogen) atoms. The van der Waals surface area contributed by atoms with Crippen LogP contribution in [0.2, 0.25) is 0 Å². The van der Waals surface area contributed by atoms with Gasteiger partial charge in [0.15, 0.2) is 0 Å². The summed E-state index contributed by atoms with van der Waals surface area (Å²) in [7, 11) is 0. The minimum absolute atomic E-state index is 0.00415. The van der Waals surface area contributed by atoms with Crippen molar-refractivity contribution in [2.45, 2.75) is 32.6 Å². The van der Waals surface area contributed by atoms with Crippen molar-refractivity contribution >= 4 is 23.3 Å². The van der Waals surface area contributed by atoms with Crippen LogP contribution < -0.4 is 10.6 Å². The predicted molar refractivity (Wildman–Crippen MR) is 79.8 cm³/mol. The van der Waals surface area contributed by atoms with E-state index in [0.29, 0.717) is 17.8 Å². The maximum Gasteiger partial charge on any atom is 0.321 e. The van der Waals surface area contributed by atoms with Gasteiger partial charge >= 0.3 is 6.03 Å². The standard InChI is InChI=1S/C15H21N3O2/c1-2-6-14(19)16-12-7-5-8-13(11-12)17-15(20)18-9-3-4-10-18/h5,7-8,11H,2-4,6,9-10H2,1H3,(H,16,19)(H,17,20). The average molecular weight is 275 g/mol. The number of carbonyl (C=O) groups excluding carboxylic acids is 2. The second kappa shape index (κ2) is 6.93. The highest BCUT2D eigenvalue weighted by Gasteiger charge is 2.17. The molecule has 0 aliphatic carbocycles. The molecule has 1 aliphatic rings. The van der Waals surface area contributed by atoms with E-state index in [2.05, 4.69) is 10.6 Å². The molecule has 1 heterocycles. The number of hydrogen-bond acceptors (Lipinski definition) is 2. The first-order valence-corrected chi connectivity index (χ1v) is 7.15. The first kappa shape index (κ1) is 14.4. The monoisotopic (exact) mass is 275 g/mol. The summed E-state index contributed by atoms with van der Waals surface area (Å²) in [4.78, 5) is 25.3. The Labute approximate surface area is 119 Å². The molecule has 108 valence electrons. The van der Waals surface area contributed by atoms with E-state index >= 15 is 0 Å². The van der Waals surface area contributed by atoms with Crippen molar-refractivity contribution < 1.29 is 9.59 Å². The molecule has 3 amide bonds. The number of benzene rings is 1. The SMILES string of the molecule is CCCC(=O)Nc1cccc(NC(=O)N2CCCC2)c1. The first-order chi connectivity index (χ1) is 9.69. The van der Waals surface area contributed by atoms with Crippen LogP contribution in [0.15, 0.2) is 24.3 Å². The van der Waals surface area contributed by atoms with Crippen molar-refractivity contribution in [3.05, 3.63) is 24.3 Å². The van der Waals surface area contributed by atoms with Crippen LogP contribution in [0.3, 0.4) is 0 Å². The average Bonchev–Trinajstić information content (AvgIpc) is 2.93. The molecule has 1 aromatic rings. The second-order valence-electron chi connectivity index (χ2n) is 5.00. The van der Waals surface area contributed by atoms with Crippen molar-refractivity contribution in [3.63, 3.8) is 0 Å². The summed E-state index contributed by atoms with van der Waals surface area (Å²) in [5.74, 6) is -0.00415. The molecule has 0 unspecified atom stereocenters. The van der Waals surface area contributed by atoms with Crippen molar-refractivity contribution in [3.8, 4) is 0 Å². The predicted octanol–water partition coefficient (Wildman–Crippen LogP) is 3.05. The smallest absolute Gasteiger partial charge is 0.321 e. The number of nitrogens with zero attached hydrogens (tertiary/aromatic N) is 1. The molecule has 5 heteroatoms. The number of carbonyl (C=O) groups is 2. The molecular formula is C15H21N3O2. The summed E-state index contributed by atoms with van der Waals surface area (Å²) in [6, 6.07) is 7.17. The zero-order valence-corrected chi connectivity index (χ0v) is 11.8. The highest BCUT2D eigenvalue weighted by atomic mass is 16.2. The van der Waals surface area contributed by atoms with E-state index in [-0.39, 0.29) is 11.9 Å². The van der Waals surface area contributed by atoms with Crippen LogP contribution in [-0.2, 0) is 4.79 Å². The lowest BCUT2D eigenvalue weighted by Gasteiger charge is -2.16. The Hall–Kier alpha value is -2.04. The van der Waals surface area contributed by atoms with Crippen molar-refractivity contribution in [1.82, 2.24) is 4.90 Å². The van der Waals surface area contributed by atoms with Crippen LogP contribution in [0, 0.1) is 0 Å². The number of anilines is 2. The van der Waals surface area contributed by atoms with Gasteiger partial charge in [-0.3, -0.25) is 4.79 Å². The quantitative estimate of drug-likeness (QED) is 0.887. The molecule has 2 rings (SSSR count). The maximum absolute atomic E-state index is 12.0.